The summed E-state index contributed by atoms with van der Waals surface area (Å²) in [6.07, 6.45) is 4.69. The molecule has 3 rings (SSSR count). The summed E-state index contributed by atoms with van der Waals surface area (Å²) in [5, 5.41) is 18.6. The highest BCUT2D eigenvalue weighted by Crippen LogP contribution is 2.17. The summed E-state index contributed by atoms with van der Waals surface area (Å²) in [6.45, 7) is 9.45. The Hall–Kier alpha value is -1.23. The molecule has 1 aliphatic rings. The van der Waals surface area contributed by atoms with Gasteiger partial charge in [-0.3, -0.25) is 0 Å². The average molecular weight is 503 g/mol. The summed E-state index contributed by atoms with van der Waals surface area (Å²) in [7, 11) is 0. The lowest BCUT2D eigenvalue weighted by molar-refractivity contribution is 0.605. The van der Waals surface area contributed by atoms with Gasteiger partial charge in [-0.2, -0.15) is 0 Å². The highest BCUT2D eigenvalue weighted by molar-refractivity contribution is 14.0. The standard InChI is InChI=1S/C18H29N7S.HI/c1-4-19-18(21-11-17-22-14(12-26-17)13(2)3)20-10-16-24-23-15-8-6-5-7-9-25(15)16;/h12-13H,4-11H2,1-3H3,(H2,19,20,21);1H. The smallest absolute Gasteiger partial charge is 0.192 e. The molecule has 0 unspecified atom stereocenters. The van der Waals surface area contributed by atoms with Crippen LogP contribution in [0.3, 0.4) is 0 Å². The maximum atomic E-state index is 4.70. The van der Waals surface area contributed by atoms with Crippen molar-refractivity contribution in [1.29, 1.82) is 0 Å². The molecule has 27 heavy (non-hydrogen) atoms. The Kier molecular flexibility index (Phi) is 8.94. The Morgan fingerprint density at radius 3 is 2.85 bits per heavy atom. The molecule has 0 saturated heterocycles. The van der Waals surface area contributed by atoms with Gasteiger partial charge in [0.25, 0.3) is 0 Å². The van der Waals surface area contributed by atoms with Crippen molar-refractivity contribution in [3.63, 3.8) is 0 Å². The molecular formula is C18H30IN7S. The third-order valence-corrected chi connectivity index (χ3v) is 5.34. The second-order valence-corrected chi connectivity index (χ2v) is 7.81. The van der Waals surface area contributed by atoms with Crippen molar-refractivity contribution < 1.29 is 0 Å². The van der Waals surface area contributed by atoms with Gasteiger partial charge in [-0.25, -0.2) is 9.98 Å². The summed E-state index contributed by atoms with van der Waals surface area (Å²) in [5.74, 6) is 3.31. The highest BCUT2D eigenvalue weighted by atomic mass is 127. The molecule has 7 nitrogen and oxygen atoms in total. The Morgan fingerprint density at radius 2 is 2.11 bits per heavy atom. The first-order valence-corrected chi connectivity index (χ1v) is 10.4. The quantitative estimate of drug-likeness (QED) is 0.359. The van der Waals surface area contributed by atoms with E-state index in [2.05, 4.69) is 56.5 Å². The van der Waals surface area contributed by atoms with Crippen LogP contribution < -0.4 is 10.6 Å². The molecule has 2 aromatic heterocycles. The minimum Gasteiger partial charge on any atom is -0.357 e. The molecule has 0 aliphatic carbocycles. The van der Waals surface area contributed by atoms with Crippen LogP contribution in [-0.4, -0.2) is 32.3 Å². The van der Waals surface area contributed by atoms with Crippen LogP contribution in [0.4, 0.5) is 0 Å². The zero-order valence-electron chi connectivity index (χ0n) is 16.4. The maximum Gasteiger partial charge on any atom is 0.192 e. The molecule has 1 aliphatic heterocycles. The van der Waals surface area contributed by atoms with Crippen LogP contribution in [0.25, 0.3) is 0 Å². The summed E-state index contributed by atoms with van der Waals surface area (Å²) < 4.78 is 2.25. The number of halogens is 1. The topological polar surface area (TPSA) is 80.0 Å². The van der Waals surface area contributed by atoms with Gasteiger partial charge >= 0.3 is 0 Å². The first kappa shape index (κ1) is 22.1. The number of hydrogen-bond acceptors (Lipinski definition) is 5. The highest BCUT2D eigenvalue weighted by Gasteiger charge is 2.14. The number of rotatable bonds is 6. The van der Waals surface area contributed by atoms with Gasteiger partial charge in [-0.05, 0) is 25.7 Å². The zero-order valence-corrected chi connectivity index (χ0v) is 19.5. The van der Waals surface area contributed by atoms with Crippen molar-refractivity contribution in [1.82, 2.24) is 30.4 Å². The molecule has 2 N–H and O–H groups in total. The Balaban J connectivity index is 0.00000261. The van der Waals surface area contributed by atoms with E-state index in [4.69, 9.17) is 4.99 Å². The number of aliphatic imine (C=N–C) groups is 1. The molecule has 0 radical (unpaired) electrons. The predicted octanol–water partition coefficient (Wildman–Crippen LogP) is 3.46. The molecule has 0 atom stereocenters. The van der Waals surface area contributed by atoms with Gasteiger partial charge < -0.3 is 15.2 Å². The van der Waals surface area contributed by atoms with Crippen molar-refractivity contribution >= 4 is 41.3 Å². The molecule has 0 spiro atoms. The summed E-state index contributed by atoms with van der Waals surface area (Å²) in [5.41, 5.74) is 1.15. The van der Waals surface area contributed by atoms with E-state index in [0.29, 0.717) is 19.0 Å². The minimum atomic E-state index is 0. The minimum absolute atomic E-state index is 0. The van der Waals surface area contributed by atoms with Gasteiger partial charge in [0.15, 0.2) is 11.8 Å². The molecular weight excluding hydrogens is 473 g/mol. The Labute approximate surface area is 182 Å². The van der Waals surface area contributed by atoms with Crippen molar-refractivity contribution in [3.05, 3.63) is 27.7 Å². The molecule has 3 heterocycles. The number of hydrogen-bond donors (Lipinski definition) is 2. The van der Waals surface area contributed by atoms with Crippen LogP contribution in [0.5, 0.6) is 0 Å². The van der Waals surface area contributed by atoms with Gasteiger partial charge in [-0.1, -0.05) is 20.3 Å². The fourth-order valence-electron chi connectivity index (χ4n) is 2.98. The molecule has 9 heteroatoms. The molecule has 0 fully saturated rings. The molecule has 0 bridgehead atoms. The lowest BCUT2D eigenvalue weighted by Crippen LogP contribution is -2.36. The van der Waals surface area contributed by atoms with E-state index in [9.17, 15) is 0 Å². The zero-order chi connectivity index (χ0) is 18.4. The van der Waals surface area contributed by atoms with Crippen molar-refractivity contribution in [2.24, 2.45) is 4.99 Å². The van der Waals surface area contributed by atoms with Gasteiger partial charge in [0, 0.05) is 24.9 Å². The second kappa shape index (κ2) is 10.9. The van der Waals surface area contributed by atoms with Crippen LogP contribution >= 0.6 is 35.3 Å². The van der Waals surface area contributed by atoms with E-state index in [-0.39, 0.29) is 24.0 Å². The van der Waals surface area contributed by atoms with E-state index < -0.39 is 0 Å². The van der Waals surface area contributed by atoms with E-state index in [1.54, 1.807) is 11.3 Å². The molecule has 0 saturated carbocycles. The van der Waals surface area contributed by atoms with Crippen molar-refractivity contribution in [2.45, 2.75) is 72.0 Å². The van der Waals surface area contributed by atoms with Crippen molar-refractivity contribution in [3.8, 4) is 0 Å². The third-order valence-electron chi connectivity index (χ3n) is 4.48. The molecule has 0 amide bonds. The van der Waals surface area contributed by atoms with E-state index in [1.165, 1.54) is 19.3 Å². The normalized spacial score (nSPS) is 14.4. The van der Waals surface area contributed by atoms with Gasteiger partial charge in [0.1, 0.15) is 17.4 Å². The van der Waals surface area contributed by atoms with E-state index in [1.807, 2.05) is 0 Å². The van der Waals surface area contributed by atoms with E-state index >= 15 is 0 Å². The van der Waals surface area contributed by atoms with Crippen LogP contribution in [0.1, 0.15) is 68.3 Å². The third kappa shape index (κ3) is 6.13. The first-order valence-electron chi connectivity index (χ1n) is 9.54. The lowest BCUT2D eigenvalue weighted by atomic mass is 10.2. The number of guanidine groups is 1. The largest absolute Gasteiger partial charge is 0.357 e. The maximum absolute atomic E-state index is 4.70. The number of aryl methyl sites for hydroxylation is 1. The molecule has 2 aromatic rings. The summed E-state index contributed by atoms with van der Waals surface area (Å²) in [4.78, 5) is 9.37. The average Bonchev–Trinajstić information content (AvgIpc) is 3.19. The first-order chi connectivity index (χ1) is 12.7. The monoisotopic (exact) mass is 503 g/mol. The van der Waals surface area contributed by atoms with Crippen LogP contribution in [-0.2, 0) is 26.1 Å². The van der Waals surface area contributed by atoms with Crippen molar-refractivity contribution in [2.75, 3.05) is 6.54 Å². The lowest BCUT2D eigenvalue weighted by Gasteiger charge is -2.10. The predicted molar refractivity (Wildman–Crippen MR) is 121 cm³/mol. The number of thiazole rings is 1. The fraction of sp³-hybridized carbons (Fsp3) is 0.667. The van der Waals surface area contributed by atoms with Gasteiger partial charge in [-0.15, -0.1) is 45.5 Å². The fourth-order valence-corrected chi connectivity index (χ4v) is 3.88. The van der Waals surface area contributed by atoms with E-state index in [0.717, 1.165) is 47.8 Å². The van der Waals surface area contributed by atoms with Gasteiger partial charge in [0.2, 0.25) is 0 Å². The number of nitrogens with one attached hydrogen (secondary N) is 2. The number of fused-ring (bicyclic) bond motifs is 1. The number of nitrogens with zero attached hydrogens (tertiary/aromatic N) is 5. The Bertz CT molecular complexity index is 738. The number of aromatic nitrogens is 4. The SMILES string of the molecule is CCNC(=NCc1nnc2n1CCCCC2)NCc1nc(C(C)C)cs1.I. The molecule has 150 valence electrons. The summed E-state index contributed by atoms with van der Waals surface area (Å²) >= 11 is 1.69. The molecule has 0 aromatic carbocycles. The van der Waals surface area contributed by atoms with Crippen LogP contribution in [0.2, 0.25) is 0 Å². The Morgan fingerprint density at radius 1 is 1.26 bits per heavy atom. The van der Waals surface area contributed by atoms with Crippen LogP contribution in [0.15, 0.2) is 10.4 Å². The van der Waals surface area contributed by atoms with Crippen LogP contribution in [0, 0.1) is 0 Å². The summed E-state index contributed by atoms with van der Waals surface area (Å²) in [6, 6.07) is 0. The second-order valence-electron chi connectivity index (χ2n) is 6.86. The van der Waals surface area contributed by atoms with Gasteiger partial charge in [0.05, 0.1) is 12.2 Å².